The van der Waals surface area contributed by atoms with Gasteiger partial charge in [0.15, 0.2) is 0 Å². The predicted octanol–water partition coefficient (Wildman–Crippen LogP) is 3.22. The van der Waals surface area contributed by atoms with Crippen molar-refractivity contribution in [2.75, 3.05) is 13.7 Å². The molecular weight excluding hydrogens is 186 g/mol. The molecule has 0 aromatic carbocycles. The van der Waals surface area contributed by atoms with Crippen molar-refractivity contribution in [1.29, 1.82) is 0 Å². The first-order chi connectivity index (χ1) is 6.91. The van der Waals surface area contributed by atoms with E-state index < -0.39 is 0 Å². The zero-order chi connectivity index (χ0) is 11.9. The molecule has 0 amide bonds. The van der Waals surface area contributed by atoms with Crippen molar-refractivity contribution < 1.29 is 4.74 Å². The fourth-order valence-corrected chi connectivity index (χ4v) is 1.82. The van der Waals surface area contributed by atoms with Crippen LogP contribution in [0, 0.1) is 5.41 Å². The van der Waals surface area contributed by atoms with Crippen LogP contribution in [0.1, 0.15) is 53.9 Å². The molecular formula is C13H29NO. The standard InChI is InChI=1S/C13H29NO/c1-7-8-9-12(13(3,4)5)14-11(2)10-15-6/h11-12,14H,7-10H2,1-6H3/t11-,12+/m0/s1. The van der Waals surface area contributed by atoms with Crippen molar-refractivity contribution in [3.05, 3.63) is 0 Å². The summed E-state index contributed by atoms with van der Waals surface area (Å²) in [5.41, 5.74) is 0.331. The molecule has 0 radical (unpaired) electrons. The normalized spacial score (nSPS) is 16.4. The molecule has 0 saturated heterocycles. The Morgan fingerprint density at radius 2 is 1.87 bits per heavy atom. The fourth-order valence-electron chi connectivity index (χ4n) is 1.82. The van der Waals surface area contributed by atoms with Crippen molar-refractivity contribution in [2.45, 2.75) is 66.0 Å². The average Bonchev–Trinajstić information content (AvgIpc) is 2.10. The van der Waals surface area contributed by atoms with Crippen molar-refractivity contribution >= 4 is 0 Å². The molecule has 0 bridgehead atoms. The topological polar surface area (TPSA) is 21.3 Å². The summed E-state index contributed by atoms with van der Waals surface area (Å²) in [6, 6.07) is 1.03. The number of unbranched alkanes of at least 4 members (excludes halogenated alkanes) is 1. The van der Waals surface area contributed by atoms with E-state index in [2.05, 4.69) is 39.9 Å². The molecule has 2 nitrogen and oxygen atoms in total. The molecule has 1 N–H and O–H groups in total. The second-order valence-electron chi connectivity index (χ2n) is 5.58. The zero-order valence-corrected chi connectivity index (χ0v) is 11.4. The van der Waals surface area contributed by atoms with Gasteiger partial charge in [-0.3, -0.25) is 0 Å². The summed E-state index contributed by atoms with van der Waals surface area (Å²) in [5.74, 6) is 0. The Labute approximate surface area is 95.8 Å². The second-order valence-corrected chi connectivity index (χ2v) is 5.58. The van der Waals surface area contributed by atoms with E-state index in [1.807, 2.05) is 0 Å². The summed E-state index contributed by atoms with van der Waals surface area (Å²) in [6.07, 6.45) is 3.83. The molecule has 0 aliphatic heterocycles. The van der Waals surface area contributed by atoms with E-state index in [4.69, 9.17) is 4.74 Å². The number of hydrogen-bond donors (Lipinski definition) is 1. The van der Waals surface area contributed by atoms with Gasteiger partial charge in [-0.15, -0.1) is 0 Å². The molecule has 0 saturated carbocycles. The summed E-state index contributed by atoms with van der Waals surface area (Å²) in [6.45, 7) is 12.1. The molecule has 2 heteroatoms. The van der Waals surface area contributed by atoms with Crippen LogP contribution in [0.25, 0.3) is 0 Å². The molecule has 0 aliphatic rings. The highest BCUT2D eigenvalue weighted by Crippen LogP contribution is 2.23. The van der Waals surface area contributed by atoms with E-state index in [0.29, 0.717) is 17.5 Å². The van der Waals surface area contributed by atoms with E-state index in [1.165, 1.54) is 19.3 Å². The van der Waals surface area contributed by atoms with Crippen LogP contribution in [-0.2, 0) is 4.74 Å². The molecule has 2 atom stereocenters. The third kappa shape index (κ3) is 6.91. The first-order valence-corrected chi connectivity index (χ1v) is 6.16. The van der Waals surface area contributed by atoms with Gasteiger partial charge in [0.25, 0.3) is 0 Å². The van der Waals surface area contributed by atoms with Crippen LogP contribution in [0.4, 0.5) is 0 Å². The van der Waals surface area contributed by atoms with Gasteiger partial charge in [-0.1, -0.05) is 40.5 Å². The van der Waals surface area contributed by atoms with E-state index in [9.17, 15) is 0 Å². The molecule has 92 valence electrons. The van der Waals surface area contributed by atoms with E-state index in [0.717, 1.165) is 6.61 Å². The van der Waals surface area contributed by atoms with Crippen LogP contribution in [0.15, 0.2) is 0 Å². The molecule has 0 aromatic rings. The number of methoxy groups -OCH3 is 1. The molecule has 0 rings (SSSR count). The molecule has 15 heavy (non-hydrogen) atoms. The van der Waals surface area contributed by atoms with Gasteiger partial charge in [-0.2, -0.15) is 0 Å². The summed E-state index contributed by atoms with van der Waals surface area (Å²) in [5, 5.41) is 3.67. The minimum atomic E-state index is 0.331. The lowest BCUT2D eigenvalue weighted by atomic mass is 9.83. The first kappa shape index (κ1) is 14.9. The van der Waals surface area contributed by atoms with Gasteiger partial charge in [0.1, 0.15) is 0 Å². The third-order valence-electron chi connectivity index (χ3n) is 2.79. The number of rotatable bonds is 7. The fraction of sp³-hybridized carbons (Fsp3) is 1.00. The highest BCUT2D eigenvalue weighted by atomic mass is 16.5. The van der Waals surface area contributed by atoms with E-state index in [1.54, 1.807) is 7.11 Å². The van der Waals surface area contributed by atoms with Gasteiger partial charge < -0.3 is 10.1 Å². The lowest BCUT2D eigenvalue weighted by Crippen LogP contribution is -2.46. The average molecular weight is 215 g/mol. The molecule has 0 unspecified atom stereocenters. The van der Waals surface area contributed by atoms with Gasteiger partial charge in [0.05, 0.1) is 6.61 Å². The Balaban J connectivity index is 4.12. The molecule has 0 aliphatic carbocycles. The van der Waals surface area contributed by atoms with Gasteiger partial charge in [-0.25, -0.2) is 0 Å². The molecule has 0 spiro atoms. The van der Waals surface area contributed by atoms with Crippen LogP contribution in [-0.4, -0.2) is 25.8 Å². The molecule has 0 fully saturated rings. The maximum Gasteiger partial charge on any atom is 0.0613 e. The van der Waals surface area contributed by atoms with Crippen LogP contribution >= 0.6 is 0 Å². The van der Waals surface area contributed by atoms with Gasteiger partial charge in [0.2, 0.25) is 0 Å². The summed E-state index contributed by atoms with van der Waals surface area (Å²) < 4.78 is 5.16. The highest BCUT2D eigenvalue weighted by Gasteiger charge is 2.24. The Morgan fingerprint density at radius 1 is 1.27 bits per heavy atom. The molecule has 0 aromatic heterocycles. The lowest BCUT2D eigenvalue weighted by Gasteiger charge is -2.34. The SMILES string of the molecule is CCCC[C@@H](N[C@@H](C)COC)C(C)(C)C. The largest absolute Gasteiger partial charge is 0.383 e. The van der Waals surface area contributed by atoms with Gasteiger partial charge in [-0.05, 0) is 18.8 Å². The van der Waals surface area contributed by atoms with E-state index in [-0.39, 0.29) is 0 Å². The number of hydrogen-bond acceptors (Lipinski definition) is 2. The van der Waals surface area contributed by atoms with Crippen molar-refractivity contribution in [2.24, 2.45) is 5.41 Å². The monoisotopic (exact) mass is 215 g/mol. The maximum atomic E-state index is 5.16. The van der Waals surface area contributed by atoms with E-state index >= 15 is 0 Å². The second kappa shape index (κ2) is 7.24. The van der Waals surface area contributed by atoms with Crippen molar-refractivity contribution in [3.63, 3.8) is 0 Å². The molecule has 0 heterocycles. The van der Waals surface area contributed by atoms with Crippen LogP contribution in [0.5, 0.6) is 0 Å². The minimum absolute atomic E-state index is 0.331. The predicted molar refractivity (Wildman–Crippen MR) is 67.2 cm³/mol. The Hall–Kier alpha value is -0.0800. The Bertz CT molecular complexity index is 151. The summed E-state index contributed by atoms with van der Waals surface area (Å²) in [4.78, 5) is 0. The quantitative estimate of drug-likeness (QED) is 0.704. The highest BCUT2D eigenvalue weighted by molar-refractivity contribution is 4.82. The van der Waals surface area contributed by atoms with Crippen molar-refractivity contribution in [1.82, 2.24) is 5.32 Å². The van der Waals surface area contributed by atoms with Crippen LogP contribution < -0.4 is 5.32 Å². The third-order valence-corrected chi connectivity index (χ3v) is 2.79. The van der Waals surface area contributed by atoms with Crippen LogP contribution in [0.3, 0.4) is 0 Å². The Morgan fingerprint density at radius 3 is 2.27 bits per heavy atom. The first-order valence-electron chi connectivity index (χ1n) is 6.16. The van der Waals surface area contributed by atoms with Gasteiger partial charge >= 0.3 is 0 Å². The lowest BCUT2D eigenvalue weighted by molar-refractivity contribution is 0.146. The van der Waals surface area contributed by atoms with Crippen LogP contribution in [0.2, 0.25) is 0 Å². The van der Waals surface area contributed by atoms with Crippen molar-refractivity contribution in [3.8, 4) is 0 Å². The van der Waals surface area contributed by atoms with Gasteiger partial charge in [0, 0.05) is 19.2 Å². The zero-order valence-electron chi connectivity index (χ0n) is 11.4. The number of ether oxygens (including phenoxy) is 1. The maximum absolute atomic E-state index is 5.16. The Kier molecular flexibility index (Phi) is 7.20. The summed E-state index contributed by atoms with van der Waals surface area (Å²) >= 11 is 0. The summed E-state index contributed by atoms with van der Waals surface area (Å²) in [7, 11) is 1.76. The smallest absolute Gasteiger partial charge is 0.0613 e. The minimum Gasteiger partial charge on any atom is -0.383 e. The number of nitrogens with one attached hydrogen (secondary N) is 1.